The van der Waals surface area contributed by atoms with Crippen LogP contribution in [0.3, 0.4) is 0 Å². The molecule has 1 aromatic heterocycles. The van der Waals surface area contributed by atoms with Crippen molar-refractivity contribution in [2.75, 3.05) is 6.54 Å². The molecule has 0 spiro atoms. The number of hydrogen-bond acceptors (Lipinski definition) is 3. The van der Waals surface area contributed by atoms with Crippen LogP contribution in [0.2, 0.25) is 0 Å². The van der Waals surface area contributed by atoms with Crippen LogP contribution in [0.5, 0.6) is 0 Å². The normalized spacial score (nSPS) is 13.1. The van der Waals surface area contributed by atoms with Gasteiger partial charge >= 0.3 is 0 Å². The Kier molecular flexibility index (Phi) is 5.39. The Morgan fingerprint density at radius 3 is 2.62 bits per heavy atom. The molecule has 0 saturated carbocycles. The molecule has 1 atom stereocenters. The van der Waals surface area contributed by atoms with Crippen molar-refractivity contribution < 1.29 is 0 Å². The van der Waals surface area contributed by atoms with Crippen LogP contribution in [0.4, 0.5) is 0 Å². The topological polar surface area (TPSA) is 37.8 Å². The van der Waals surface area contributed by atoms with Gasteiger partial charge in [-0.25, -0.2) is 9.97 Å². The average molecular weight is 221 g/mol. The third-order valence-electron chi connectivity index (χ3n) is 2.56. The SMILES string of the molecule is CCNC(Cc1cc(C)ncn1)CC(C)C. The van der Waals surface area contributed by atoms with Gasteiger partial charge in [-0.05, 0) is 31.9 Å². The van der Waals surface area contributed by atoms with Gasteiger partial charge in [0.05, 0.1) is 0 Å². The minimum absolute atomic E-state index is 0.527. The van der Waals surface area contributed by atoms with Gasteiger partial charge in [0.25, 0.3) is 0 Å². The Morgan fingerprint density at radius 2 is 2.06 bits per heavy atom. The number of nitrogens with one attached hydrogen (secondary N) is 1. The second-order valence-electron chi connectivity index (χ2n) is 4.74. The Bertz CT molecular complexity index is 310. The molecular formula is C13H23N3. The molecule has 0 fully saturated rings. The van der Waals surface area contributed by atoms with Crippen molar-refractivity contribution in [1.82, 2.24) is 15.3 Å². The lowest BCUT2D eigenvalue weighted by Gasteiger charge is -2.19. The Labute approximate surface area is 98.7 Å². The molecule has 0 aliphatic heterocycles. The first kappa shape index (κ1) is 13.1. The smallest absolute Gasteiger partial charge is 0.115 e. The van der Waals surface area contributed by atoms with Crippen LogP contribution in [0.15, 0.2) is 12.4 Å². The van der Waals surface area contributed by atoms with Crippen molar-refractivity contribution in [2.24, 2.45) is 5.92 Å². The number of hydrogen-bond donors (Lipinski definition) is 1. The summed E-state index contributed by atoms with van der Waals surface area (Å²) < 4.78 is 0. The molecule has 90 valence electrons. The van der Waals surface area contributed by atoms with Crippen molar-refractivity contribution >= 4 is 0 Å². The van der Waals surface area contributed by atoms with Crippen LogP contribution in [-0.4, -0.2) is 22.6 Å². The zero-order valence-corrected chi connectivity index (χ0v) is 10.8. The van der Waals surface area contributed by atoms with Crippen molar-refractivity contribution in [1.29, 1.82) is 0 Å². The van der Waals surface area contributed by atoms with Crippen LogP contribution in [-0.2, 0) is 6.42 Å². The zero-order valence-electron chi connectivity index (χ0n) is 10.8. The van der Waals surface area contributed by atoms with Crippen molar-refractivity contribution in [3.05, 3.63) is 23.8 Å². The quantitative estimate of drug-likeness (QED) is 0.801. The van der Waals surface area contributed by atoms with Crippen LogP contribution in [0.25, 0.3) is 0 Å². The highest BCUT2D eigenvalue weighted by Crippen LogP contribution is 2.09. The molecule has 0 saturated heterocycles. The Hall–Kier alpha value is -0.960. The number of rotatable bonds is 6. The first-order valence-corrected chi connectivity index (χ1v) is 6.12. The molecule has 1 heterocycles. The summed E-state index contributed by atoms with van der Waals surface area (Å²) in [4.78, 5) is 8.44. The van der Waals surface area contributed by atoms with E-state index in [9.17, 15) is 0 Å². The minimum atomic E-state index is 0.527. The van der Waals surface area contributed by atoms with Gasteiger partial charge in [-0.1, -0.05) is 20.8 Å². The van der Waals surface area contributed by atoms with E-state index in [0.717, 1.165) is 24.4 Å². The first-order chi connectivity index (χ1) is 7.61. The van der Waals surface area contributed by atoms with Gasteiger partial charge in [0, 0.05) is 23.9 Å². The summed E-state index contributed by atoms with van der Waals surface area (Å²) in [5, 5.41) is 3.52. The van der Waals surface area contributed by atoms with Crippen LogP contribution in [0.1, 0.15) is 38.6 Å². The molecule has 1 N–H and O–H groups in total. The van der Waals surface area contributed by atoms with Gasteiger partial charge in [-0.3, -0.25) is 0 Å². The fourth-order valence-electron chi connectivity index (χ4n) is 1.97. The molecule has 0 aliphatic rings. The fourth-order valence-corrected chi connectivity index (χ4v) is 1.97. The summed E-state index contributed by atoms with van der Waals surface area (Å²) in [6, 6.07) is 2.60. The number of nitrogens with zero attached hydrogens (tertiary/aromatic N) is 2. The van der Waals surface area contributed by atoms with Crippen LogP contribution < -0.4 is 5.32 Å². The van der Waals surface area contributed by atoms with E-state index in [1.165, 1.54) is 6.42 Å². The lowest BCUT2D eigenvalue weighted by molar-refractivity contribution is 0.421. The fraction of sp³-hybridized carbons (Fsp3) is 0.692. The molecule has 1 rings (SSSR count). The summed E-state index contributed by atoms with van der Waals surface area (Å²) in [7, 11) is 0. The highest BCUT2D eigenvalue weighted by atomic mass is 14.9. The van der Waals surface area contributed by atoms with E-state index in [1.807, 2.05) is 6.92 Å². The van der Waals surface area contributed by atoms with E-state index in [-0.39, 0.29) is 0 Å². The van der Waals surface area contributed by atoms with Crippen molar-refractivity contribution in [3.8, 4) is 0 Å². The number of aryl methyl sites for hydroxylation is 1. The molecular weight excluding hydrogens is 198 g/mol. The summed E-state index contributed by atoms with van der Waals surface area (Å²) in [5.74, 6) is 0.715. The number of aromatic nitrogens is 2. The zero-order chi connectivity index (χ0) is 12.0. The predicted octanol–water partition coefficient (Wildman–Crippen LogP) is 2.35. The number of likely N-dealkylation sites (N-methyl/N-ethyl adjacent to an activating group) is 1. The third kappa shape index (κ3) is 4.71. The van der Waals surface area contributed by atoms with Crippen LogP contribution >= 0.6 is 0 Å². The predicted molar refractivity (Wildman–Crippen MR) is 67.4 cm³/mol. The monoisotopic (exact) mass is 221 g/mol. The largest absolute Gasteiger partial charge is 0.314 e. The molecule has 0 radical (unpaired) electrons. The second-order valence-corrected chi connectivity index (χ2v) is 4.74. The van der Waals surface area contributed by atoms with Gasteiger partial charge < -0.3 is 5.32 Å². The van der Waals surface area contributed by atoms with E-state index >= 15 is 0 Å². The molecule has 0 aliphatic carbocycles. The highest BCUT2D eigenvalue weighted by molar-refractivity contribution is 5.07. The molecule has 0 bridgehead atoms. The van der Waals surface area contributed by atoms with E-state index in [4.69, 9.17) is 0 Å². The maximum absolute atomic E-state index is 4.32. The van der Waals surface area contributed by atoms with E-state index in [0.29, 0.717) is 12.0 Å². The van der Waals surface area contributed by atoms with E-state index in [2.05, 4.69) is 42.1 Å². The molecule has 16 heavy (non-hydrogen) atoms. The van der Waals surface area contributed by atoms with Crippen molar-refractivity contribution in [3.63, 3.8) is 0 Å². The molecule has 1 unspecified atom stereocenters. The van der Waals surface area contributed by atoms with E-state index in [1.54, 1.807) is 6.33 Å². The summed E-state index contributed by atoms with van der Waals surface area (Å²) in [6.45, 7) is 9.70. The molecule has 3 nitrogen and oxygen atoms in total. The minimum Gasteiger partial charge on any atom is -0.314 e. The van der Waals surface area contributed by atoms with Gasteiger partial charge in [0.1, 0.15) is 6.33 Å². The third-order valence-corrected chi connectivity index (χ3v) is 2.56. The van der Waals surface area contributed by atoms with E-state index < -0.39 is 0 Å². The lowest BCUT2D eigenvalue weighted by Crippen LogP contribution is -2.32. The summed E-state index contributed by atoms with van der Waals surface area (Å²) >= 11 is 0. The lowest BCUT2D eigenvalue weighted by atomic mass is 9.99. The Balaban J connectivity index is 2.60. The second kappa shape index (κ2) is 6.59. The molecule has 3 heteroatoms. The first-order valence-electron chi connectivity index (χ1n) is 6.12. The van der Waals surface area contributed by atoms with Gasteiger partial charge in [-0.15, -0.1) is 0 Å². The maximum atomic E-state index is 4.32. The maximum Gasteiger partial charge on any atom is 0.115 e. The average Bonchev–Trinajstić information content (AvgIpc) is 2.16. The van der Waals surface area contributed by atoms with Gasteiger partial charge in [0.15, 0.2) is 0 Å². The van der Waals surface area contributed by atoms with Gasteiger partial charge in [-0.2, -0.15) is 0 Å². The summed E-state index contributed by atoms with van der Waals surface area (Å²) in [5.41, 5.74) is 2.18. The Morgan fingerprint density at radius 1 is 1.31 bits per heavy atom. The highest BCUT2D eigenvalue weighted by Gasteiger charge is 2.11. The van der Waals surface area contributed by atoms with Crippen LogP contribution in [0, 0.1) is 12.8 Å². The summed E-state index contributed by atoms with van der Waals surface area (Å²) in [6.07, 6.45) is 3.84. The van der Waals surface area contributed by atoms with Gasteiger partial charge in [0.2, 0.25) is 0 Å². The standard InChI is InChI=1S/C13H23N3/c1-5-14-12(6-10(2)3)8-13-7-11(4)15-9-16-13/h7,9-10,12,14H,5-6,8H2,1-4H3. The van der Waals surface area contributed by atoms with Crippen molar-refractivity contribution in [2.45, 2.75) is 46.6 Å². The molecule has 1 aromatic rings. The molecule has 0 amide bonds. The molecule has 0 aromatic carbocycles.